The molecule has 2 rings (SSSR count). The van der Waals surface area contributed by atoms with E-state index in [1.54, 1.807) is 0 Å². The highest BCUT2D eigenvalue weighted by Gasteiger charge is 3.03. The van der Waals surface area contributed by atoms with Crippen LogP contribution in [0.4, 0.5) is 287 Å². The number of phosphoric acid groups is 2. The number of carbonyl (C=O) groups excluding carboxylic acids is 2. The van der Waals surface area contributed by atoms with Crippen molar-refractivity contribution in [3.05, 3.63) is 34.4 Å². The fraction of sp³-hybridized carbons (Fsp3) is 0.833. The summed E-state index contributed by atoms with van der Waals surface area (Å²) in [4.78, 5) is 59.8. The number of allylic oxidation sites excluding steroid dienone is 2. The lowest BCUT2D eigenvalue weighted by Crippen LogP contribution is -2.80. The van der Waals surface area contributed by atoms with Gasteiger partial charge in [0.2, 0.25) is 11.7 Å². The van der Waals surface area contributed by atoms with Crippen molar-refractivity contribution in [2.24, 2.45) is 0 Å². The maximum Gasteiger partial charge on any atom is 0.481 e. The van der Waals surface area contributed by atoms with Gasteiger partial charge in [-0.3, -0.25) is 23.2 Å². The van der Waals surface area contributed by atoms with Gasteiger partial charge in [0, 0.05) is 6.20 Å². The molecule has 778 valence electrons. The molecule has 0 radical (unpaired) electrons. The first-order valence-electron chi connectivity index (χ1n) is 29.9. The van der Waals surface area contributed by atoms with Crippen LogP contribution in [0.15, 0.2) is 28.7 Å². The van der Waals surface area contributed by atoms with Crippen molar-refractivity contribution in [2.45, 2.75) is 222 Å². The number of aliphatic hydroxyl groups excluding tert-OH is 2. The summed E-state index contributed by atoms with van der Waals surface area (Å²) in [6.07, 6.45) is -41.0. The number of hydrogen-bond donors (Lipinski definition) is 5. The molecule has 7 unspecified atom stereocenters. The third-order valence-corrected chi connectivity index (χ3v) is 19.0. The fourth-order valence-electron chi connectivity index (χ4n) is 8.71. The molecule has 1 aliphatic heterocycles. The molecule has 7 atom stereocenters. The van der Waals surface area contributed by atoms with Crippen molar-refractivity contribution in [3.8, 4) is 0 Å². The number of nitrogens with two attached hydrogens (primary N) is 1. The molecular formula is C48H23F64N3O15P2. The zero-order chi connectivity index (χ0) is 107. The standard InChI is InChI=1S/C48H23F64N3O15P2/c49-15(16(50)22(57,58)26(65,66)30(73,74)32(77,78)41(95,96)43(99,100)45(103,104)47(107,108)109)21(55,56)25(63,64)29(71,72)27(67,68)24(61,62)20(53,54)4-12(117)128-8(6-126-131(121,122)130-132(123,124)127-7-9-13(118)14(119)17(129-9)115-2-1-10(113)114-18(115)120)5-125-11(116)3-19(51,52)23(59,60)28(69,70)31(75,76)33(79,80)34(81,82)35(83,84)36(85,86)37(87,88)38(89,90)39(91,92)40(93,94)42(97,98)44(101,102)46(105,106)48(110,111)112/h1-2,8-9,13-14,17,118-119H,3-7H2,(H,121,122)(H,123,124)(H2,113,114,120). The first kappa shape index (κ1) is 121. The Balaban J connectivity index is 2.89. The number of nitrogens with zero attached hydrogens (tertiary/aromatic N) is 2. The van der Waals surface area contributed by atoms with Crippen LogP contribution in [0.25, 0.3) is 0 Å². The van der Waals surface area contributed by atoms with Crippen LogP contribution in [0.3, 0.4) is 0 Å². The lowest BCUT2D eigenvalue weighted by Gasteiger charge is -2.46. The molecule has 18 nitrogen and oxygen atoms in total. The van der Waals surface area contributed by atoms with Gasteiger partial charge in [0.15, 0.2) is 12.3 Å². The smallest absolute Gasteiger partial charge is 0.461 e. The second kappa shape index (κ2) is 34.0. The molecule has 0 aliphatic carbocycles. The number of nitrogen functional groups attached to an aromatic ring is 1. The topological polar surface area (TPSA) is 265 Å². The number of aliphatic hydroxyl groups is 2. The molecule has 84 heteroatoms. The number of alkyl halides is 62. The van der Waals surface area contributed by atoms with Crippen molar-refractivity contribution in [2.75, 3.05) is 25.6 Å². The van der Waals surface area contributed by atoms with E-state index in [1.165, 1.54) is 0 Å². The van der Waals surface area contributed by atoms with Crippen molar-refractivity contribution in [3.63, 3.8) is 0 Å². The number of aromatic nitrogens is 2. The van der Waals surface area contributed by atoms with Crippen LogP contribution >= 0.6 is 15.6 Å². The number of ether oxygens (including phenoxy) is 3. The molecule has 0 saturated carbocycles. The minimum atomic E-state index is -10.7. The van der Waals surface area contributed by atoms with E-state index < -0.39 is 292 Å². The molecule has 0 aromatic carbocycles. The van der Waals surface area contributed by atoms with Crippen molar-refractivity contribution < 1.29 is 347 Å². The van der Waals surface area contributed by atoms with Gasteiger partial charge < -0.3 is 39.9 Å². The highest BCUT2D eigenvalue weighted by Crippen LogP contribution is 2.73. The van der Waals surface area contributed by atoms with E-state index in [-0.39, 0.29) is 4.57 Å². The van der Waals surface area contributed by atoms with Crippen molar-refractivity contribution in [1.29, 1.82) is 0 Å². The van der Waals surface area contributed by atoms with Gasteiger partial charge in [-0.25, -0.2) is 22.7 Å². The molecule has 2 heterocycles. The monoisotopic (exact) mass is 2160 g/mol. The van der Waals surface area contributed by atoms with Gasteiger partial charge in [-0.2, -0.15) is 282 Å². The lowest BCUT2D eigenvalue weighted by atomic mass is 9.82. The summed E-state index contributed by atoms with van der Waals surface area (Å²) in [5, 5.41) is 20.5. The Morgan fingerprint density at radius 2 is 0.614 bits per heavy atom. The van der Waals surface area contributed by atoms with Crippen LogP contribution in [0.1, 0.15) is 19.1 Å². The van der Waals surface area contributed by atoms with Crippen LogP contribution < -0.4 is 11.4 Å². The number of rotatable bonds is 43. The quantitative estimate of drug-likeness (QED) is 0.0231. The molecule has 1 aromatic rings. The summed E-state index contributed by atoms with van der Waals surface area (Å²) in [6.45, 7) is -8.88. The minimum Gasteiger partial charge on any atom is -0.461 e. The van der Waals surface area contributed by atoms with Gasteiger partial charge >= 0.3 is 211 Å². The van der Waals surface area contributed by atoms with E-state index in [1.807, 2.05) is 0 Å². The fourth-order valence-corrected chi connectivity index (χ4v) is 10.8. The third kappa shape index (κ3) is 17.7. The second-order valence-electron chi connectivity index (χ2n) is 25.3. The minimum absolute atomic E-state index is 0.185. The Hall–Kier alpha value is -6.98. The Kier molecular flexibility index (Phi) is 31.2. The molecule has 1 saturated heterocycles. The van der Waals surface area contributed by atoms with Gasteiger partial charge in [0.1, 0.15) is 43.6 Å². The van der Waals surface area contributed by atoms with Crippen LogP contribution in [-0.4, -0.2) is 264 Å². The van der Waals surface area contributed by atoms with Gasteiger partial charge in [-0.15, -0.1) is 0 Å². The van der Waals surface area contributed by atoms with Gasteiger partial charge in [-0.05, 0) is 6.07 Å². The molecule has 0 bridgehead atoms. The maximum absolute atomic E-state index is 15.0. The van der Waals surface area contributed by atoms with Crippen LogP contribution in [0.5, 0.6) is 0 Å². The first-order valence-corrected chi connectivity index (χ1v) is 32.9. The third-order valence-electron chi connectivity index (χ3n) is 16.4. The summed E-state index contributed by atoms with van der Waals surface area (Å²) in [7, 11) is -14.3. The zero-order valence-electron chi connectivity index (χ0n) is 58.4. The highest BCUT2D eigenvalue weighted by atomic mass is 31.3. The number of anilines is 1. The van der Waals surface area contributed by atoms with Gasteiger partial charge in [0.25, 0.3) is 0 Å². The largest absolute Gasteiger partial charge is 0.481 e. The number of phosphoric ester groups is 2. The molecule has 1 aromatic heterocycles. The van der Waals surface area contributed by atoms with E-state index in [4.69, 9.17) is 10.5 Å². The van der Waals surface area contributed by atoms with Crippen LogP contribution in [-0.2, 0) is 46.3 Å². The second-order valence-corrected chi connectivity index (χ2v) is 28.4. The summed E-state index contributed by atoms with van der Waals surface area (Å²) in [6, 6.07) is 0.694. The van der Waals surface area contributed by atoms with E-state index >= 15 is 8.78 Å². The van der Waals surface area contributed by atoms with E-state index in [0.717, 1.165) is 0 Å². The Morgan fingerprint density at radius 3 is 0.879 bits per heavy atom. The molecule has 132 heavy (non-hydrogen) atoms. The zero-order valence-corrected chi connectivity index (χ0v) is 60.2. The molecule has 1 aliphatic rings. The van der Waals surface area contributed by atoms with Crippen LogP contribution in [0.2, 0.25) is 0 Å². The Labute approximate surface area is 672 Å². The average molecular weight is 2160 g/mol. The predicted molar refractivity (Wildman–Crippen MR) is 271 cm³/mol. The van der Waals surface area contributed by atoms with Crippen molar-refractivity contribution >= 4 is 33.4 Å². The van der Waals surface area contributed by atoms with E-state index in [9.17, 15) is 316 Å². The predicted octanol–water partition coefficient (Wildman–Crippen LogP) is 19.0. The van der Waals surface area contributed by atoms with E-state index in [0.29, 0.717) is 12.3 Å². The molecular weight excluding hydrogens is 2140 g/mol. The number of hydrogen-bond acceptors (Lipinski definition) is 15. The number of halogens is 64. The average Bonchev–Trinajstić information content (AvgIpc) is 0.742. The summed E-state index contributed by atoms with van der Waals surface area (Å²) in [5.74, 6) is -302. The number of esters is 2. The molecule has 6 N–H and O–H groups in total. The van der Waals surface area contributed by atoms with Crippen molar-refractivity contribution in [1.82, 2.24) is 9.55 Å². The van der Waals surface area contributed by atoms with Crippen LogP contribution in [0, 0.1) is 0 Å². The summed E-state index contributed by atoms with van der Waals surface area (Å²) >= 11 is 0. The lowest BCUT2D eigenvalue weighted by molar-refractivity contribution is -0.491. The molecule has 1 fully saturated rings. The normalized spacial score (nSPS) is 20.1. The summed E-state index contributed by atoms with van der Waals surface area (Å²) in [5.41, 5.74) is 3.64. The Bertz CT molecular complexity index is 4540. The van der Waals surface area contributed by atoms with E-state index in [2.05, 4.69) is 27.8 Å². The van der Waals surface area contributed by atoms with Gasteiger partial charge in [-0.1, -0.05) is 0 Å². The molecule has 0 amide bonds. The maximum atomic E-state index is 15.0. The Morgan fingerprint density at radius 1 is 0.371 bits per heavy atom. The SMILES string of the molecule is Nc1ccn(C2OC(COP(=O)(O)OP(=O)(O)OCC(COC(=O)CC(F)(F)C(F)(F)C(F)(F)C(F)(F)C(F)(F)C(F)(F)C(F)(F)C(F)(F)C(F)(F)C(F)(F)C(F)(F)C(F)(F)C(F)(F)C(F)(F)C(F)(F)C(F)(F)F)OC(=O)CC(F)(F)C(F)(F)C(F)(F)C(F)(F)C(F)(F)C(F)(F)C(F)=C(F)C(F)(F)C(F)(F)C(F)(F)C(F)(F)C(F)(F)C(F)(F)C(F)(F)C(F)(F)F)C(O)C2O)c(=O)n1. The van der Waals surface area contributed by atoms with Gasteiger partial charge in [0.05, 0.1) is 13.2 Å². The highest BCUT2D eigenvalue weighted by molar-refractivity contribution is 7.61. The molecule has 0 spiro atoms. The first-order chi connectivity index (χ1) is 56.8. The summed E-state index contributed by atoms with van der Waals surface area (Å²) < 4.78 is 950. The number of carbonyl (C=O) groups is 2.